The van der Waals surface area contributed by atoms with Gasteiger partial charge in [-0.15, -0.1) is 0 Å². The number of aromatic nitrogens is 3. The van der Waals surface area contributed by atoms with Crippen molar-refractivity contribution in [3.63, 3.8) is 0 Å². The zero-order chi connectivity index (χ0) is 20.4. The predicted octanol–water partition coefficient (Wildman–Crippen LogP) is 1.88. The smallest absolute Gasteiger partial charge is 0.336 e. The van der Waals surface area contributed by atoms with Gasteiger partial charge < -0.3 is 14.6 Å². The summed E-state index contributed by atoms with van der Waals surface area (Å²) in [4.78, 5) is 43.0. The van der Waals surface area contributed by atoms with E-state index < -0.39 is 17.2 Å². The number of aromatic amines is 1. The average Bonchev–Trinajstić information content (AvgIpc) is 2.69. The van der Waals surface area contributed by atoms with E-state index in [1.807, 2.05) is 6.92 Å². The van der Waals surface area contributed by atoms with Gasteiger partial charge in [0.25, 0.3) is 5.56 Å². The summed E-state index contributed by atoms with van der Waals surface area (Å²) in [5.41, 5.74) is -0.886. The Morgan fingerprint density at radius 3 is 2.57 bits per heavy atom. The van der Waals surface area contributed by atoms with E-state index in [1.54, 1.807) is 18.2 Å². The number of rotatable bonds is 6. The SMILES string of the molecule is CCCn1c(=O)[nH]c(=O)c2c(C(=O)O)cc(-c3ccc(OC)cc3OC)nc21. The molecule has 2 aromatic heterocycles. The second-order valence-corrected chi connectivity index (χ2v) is 6.04. The summed E-state index contributed by atoms with van der Waals surface area (Å²) in [6.07, 6.45) is 0.598. The Bertz CT molecular complexity index is 1180. The number of carbonyl (C=O) groups is 1. The van der Waals surface area contributed by atoms with Gasteiger partial charge in [-0.1, -0.05) is 6.92 Å². The number of aromatic carboxylic acids is 1. The highest BCUT2D eigenvalue weighted by atomic mass is 16.5. The summed E-state index contributed by atoms with van der Waals surface area (Å²) in [5.74, 6) is -0.329. The van der Waals surface area contributed by atoms with Crippen molar-refractivity contribution >= 4 is 17.0 Å². The van der Waals surface area contributed by atoms with Crippen molar-refractivity contribution in [3.05, 3.63) is 50.7 Å². The molecule has 1 aromatic carbocycles. The Balaban J connectivity index is 2.43. The molecule has 0 aliphatic heterocycles. The first-order valence-electron chi connectivity index (χ1n) is 8.54. The summed E-state index contributed by atoms with van der Waals surface area (Å²) in [7, 11) is 2.98. The van der Waals surface area contributed by atoms with Gasteiger partial charge in [0.15, 0.2) is 5.65 Å². The van der Waals surface area contributed by atoms with Crippen molar-refractivity contribution in [2.45, 2.75) is 19.9 Å². The topological polar surface area (TPSA) is 124 Å². The number of fused-ring (bicyclic) bond motifs is 1. The highest BCUT2D eigenvalue weighted by molar-refractivity contribution is 6.02. The number of benzene rings is 1. The average molecular weight is 385 g/mol. The van der Waals surface area contributed by atoms with Crippen LogP contribution < -0.4 is 20.7 Å². The zero-order valence-corrected chi connectivity index (χ0v) is 15.6. The van der Waals surface area contributed by atoms with Crippen LogP contribution in [0.15, 0.2) is 33.9 Å². The molecule has 0 atom stereocenters. The Hall–Kier alpha value is -3.62. The zero-order valence-electron chi connectivity index (χ0n) is 15.6. The first kappa shape index (κ1) is 19.2. The van der Waals surface area contributed by atoms with Gasteiger partial charge in [-0.05, 0) is 24.6 Å². The summed E-state index contributed by atoms with van der Waals surface area (Å²) < 4.78 is 11.8. The molecular weight excluding hydrogens is 366 g/mol. The van der Waals surface area contributed by atoms with Crippen LogP contribution in [0.1, 0.15) is 23.7 Å². The summed E-state index contributed by atoms with van der Waals surface area (Å²) in [6.45, 7) is 2.14. The maximum Gasteiger partial charge on any atom is 0.336 e. The van der Waals surface area contributed by atoms with Gasteiger partial charge in [-0.3, -0.25) is 14.3 Å². The second-order valence-electron chi connectivity index (χ2n) is 6.04. The van der Waals surface area contributed by atoms with Crippen LogP contribution in [0.3, 0.4) is 0 Å². The van der Waals surface area contributed by atoms with Gasteiger partial charge in [-0.2, -0.15) is 0 Å². The van der Waals surface area contributed by atoms with Crippen LogP contribution in [0.5, 0.6) is 11.5 Å². The molecule has 0 unspecified atom stereocenters. The fraction of sp³-hybridized carbons (Fsp3) is 0.263. The molecule has 3 aromatic rings. The molecule has 0 aliphatic rings. The van der Waals surface area contributed by atoms with Crippen LogP contribution in [0, 0.1) is 0 Å². The summed E-state index contributed by atoms with van der Waals surface area (Å²) >= 11 is 0. The van der Waals surface area contributed by atoms with E-state index in [-0.39, 0.29) is 28.8 Å². The Morgan fingerprint density at radius 1 is 1.21 bits per heavy atom. The molecule has 0 radical (unpaired) electrons. The number of pyridine rings is 1. The first-order valence-corrected chi connectivity index (χ1v) is 8.54. The summed E-state index contributed by atoms with van der Waals surface area (Å²) in [5, 5.41) is 9.52. The Labute approximate surface area is 159 Å². The van der Waals surface area contributed by atoms with Crippen LogP contribution in [0.2, 0.25) is 0 Å². The molecule has 9 nitrogen and oxygen atoms in total. The van der Waals surface area contributed by atoms with E-state index >= 15 is 0 Å². The van der Waals surface area contributed by atoms with Crippen LogP contribution in [0.4, 0.5) is 0 Å². The number of hydrogen-bond donors (Lipinski definition) is 2. The molecule has 3 rings (SSSR count). The third-order valence-corrected chi connectivity index (χ3v) is 4.31. The van der Waals surface area contributed by atoms with E-state index in [0.717, 1.165) is 0 Å². The van der Waals surface area contributed by atoms with Crippen molar-refractivity contribution in [2.75, 3.05) is 14.2 Å². The quantitative estimate of drug-likeness (QED) is 0.664. The third kappa shape index (κ3) is 3.22. The van der Waals surface area contributed by atoms with Crippen LogP contribution in [-0.2, 0) is 6.54 Å². The number of ether oxygens (including phenoxy) is 2. The molecule has 0 saturated heterocycles. The maximum atomic E-state index is 12.3. The van der Waals surface area contributed by atoms with Gasteiger partial charge in [0.05, 0.1) is 30.9 Å². The molecule has 2 N–H and O–H groups in total. The second kappa shape index (κ2) is 7.55. The van der Waals surface area contributed by atoms with Crippen molar-refractivity contribution in [1.82, 2.24) is 14.5 Å². The van der Waals surface area contributed by atoms with Crippen LogP contribution in [-0.4, -0.2) is 39.8 Å². The number of aryl methyl sites for hydroxylation is 1. The number of methoxy groups -OCH3 is 2. The number of hydrogen-bond acceptors (Lipinski definition) is 6. The minimum atomic E-state index is -1.30. The van der Waals surface area contributed by atoms with E-state index in [9.17, 15) is 19.5 Å². The van der Waals surface area contributed by atoms with Gasteiger partial charge >= 0.3 is 11.7 Å². The Morgan fingerprint density at radius 2 is 1.96 bits per heavy atom. The molecule has 9 heteroatoms. The highest BCUT2D eigenvalue weighted by Gasteiger charge is 2.20. The summed E-state index contributed by atoms with van der Waals surface area (Å²) in [6, 6.07) is 6.29. The fourth-order valence-electron chi connectivity index (χ4n) is 3.02. The lowest BCUT2D eigenvalue weighted by Crippen LogP contribution is -2.32. The van der Waals surface area contributed by atoms with Gasteiger partial charge in [-0.25, -0.2) is 14.6 Å². The third-order valence-electron chi connectivity index (χ3n) is 4.31. The number of nitrogens with zero attached hydrogens (tertiary/aromatic N) is 2. The van der Waals surface area contributed by atoms with E-state index in [1.165, 1.54) is 24.9 Å². The Kier molecular flexibility index (Phi) is 5.16. The minimum absolute atomic E-state index is 0.0170. The molecule has 0 fully saturated rings. The molecule has 0 bridgehead atoms. The van der Waals surface area contributed by atoms with Gasteiger partial charge in [0.2, 0.25) is 0 Å². The molecule has 0 aliphatic carbocycles. The lowest BCUT2D eigenvalue weighted by atomic mass is 10.1. The number of nitrogens with one attached hydrogen (secondary N) is 1. The molecule has 28 heavy (non-hydrogen) atoms. The van der Waals surface area contributed by atoms with Crippen molar-refractivity contribution in [3.8, 4) is 22.8 Å². The lowest BCUT2D eigenvalue weighted by Gasteiger charge is -2.14. The van der Waals surface area contributed by atoms with Crippen molar-refractivity contribution < 1.29 is 19.4 Å². The first-order chi connectivity index (χ1) is 13.4. The van der Waals surface area contributed by atoms with Crippen molar-refractivity contribution in [1.29, 1.82) is 0 Å². The molecule has 0 amide bonds. The van der Waals surface area contributed by atoms with E-state index in [2.05, 4.69) is 9.97 Å². The largest absolute Gasteiger partial charge is 0.497 e. The van der Waals surface area contributed by atoms with Crippen molar-refractivity contribution in [2.24, 2.45) is 0 Å². The van der Waals surface area contributed by atoms with E-state index in [4.69, 9.17) is 9.47 Å². The van der Waals surface area contributed by atoms with Gasteiger partial charge in [0, 0.05) is 18.2 Å². The molecule has 2 heterocycles. The predicted molar refractivity (Wildman–Crippen MR) is 102 cm³/mol. The minimum Gasteiger partial charge on any atom is -0.497 e. The van der Waals surface area contributed by atoms with E-state index in [0.29, 0.717) is 23.5 Å². The van der Waals surface area contributed by atoms with Crippen LogP contribution >= 0.6 is 0 Å². The standard InChI is InChI=1S/C19H19N3O6/c1-4-7-22-16-15(17(23)21-19(22)26)12(18(24)25)9-13(20-16)11-6-5-10(27-2)8-14(11)28-3/h5-6,8-9H,4,7H2,1-3H3,(H,24,25)(H,21,23,26). The molecule has 146 valence electrons. The van der Waals surface area contributed by atoms with Gasteiger partial charge in [0.1, 0.15) is 11.5 Å². The highest BCUT2D eigenvalue weighted by Crippen LogP contribution is 2.33. The number of H-pyrrole nitrogens is 1. The lowest BCUT2D eigenvalue weighted by molar-refractivity contribution is 0.0699. The molecule has 0 spiro atoms. The maximum absolute atomic E-state index is 12.3. The molecule has 0 saturated carbocycles. The van der Waals surface area contributed by atoms with Crippen LogP contribution in [0.25, 0.3) is 22.3 Å². The monoisotopic (exact) mass is 385 g/mol. The fourth-order valence-corrected chi connectivity index (χ4v) is 3.02. The molecular formula is C19H19N3O6. The normalized spacial score (nSPS) is 10.8. The number of carboxylic acids is 1. The number of carboxylic acid groups (broad SMARTS) is 1.